The van der Waals surface area contributed by atoms with E-state index in [0.717, 1.165) is 32.6 Å². The Morgan fingerprint density at radius 1 is 1.12 bits per heavy atom. The van der Waals surface area contributed by atoms with Gasteiger partial charge in [0, 0.05) is 19.5 Å². The molecule has 0 bridgehead atoms. The van der Waals surface area contributed by atoms with Crippen LogP contribution >= 0.6 is 0 Å². The van der Waals surface area contributed by atoms with Crippen LogP contribution in [-0.4, -0.2) is 50.1 Å². The molecule has 0 N–H and O–H groups in total. The molecule has 4 heteroatoms. The monoisotopic (exact) mass is 222 g/mol. The van der Waals surface area contributed by atoms with Gasteiger partial charge < -0.3 is 9.80 Å². The van der Waals surface area contributed by atoms with Crippen molar-refractivity contribution in [3.8, 4) is 12.1 Å². The lowest BCUT2D eigenvalue weighted by Gasteiger charge is -2.22. The van der Waals surface area contributed by atoms with Crippen LogP contribution in [0.2, 0.25) is 0 Å². The zero-order valence-electron chi connectivity index (χ0n) is 10.6. The van der Waals surface area contributed by atoms with Crippen molar-refractivity contribution in [2.75, 3.05) is 40.3 Å². The Labute approximate surface area is 99.1 Å². The first-order valence-corrected chi connectivity index (χ1v) is 5.73. The average molecular weight is 222 g/mol. The van der Waals surface area contributed by atoms with Crippen molar-refractivity contribution < 1.29 is 0 Å². The number of hydrogen-bond donors (Lipinski definition) is 0. The molecule has 90 valence electrons. The van der Waals surface area contributed by atoms with Crippen LogP contribution in [-0.2, 0) is 0 Å². The number of hydrogen-bond acceptors (Lipinski definition) is 4. The zero-order valence-corrected chi connectivity index (χ0v) is 10.6. The minimum atomic E-state index is 0.0399. The fourth-order valence-electron chi connectivity index (χ4n) is 1.54. The largest absolute Gasteiger partial charge is 0.309 e. The Hall–Kier alpha value is -1.10. The normalized spacial score (nSPS) is 12.4. The van der Waals surface area contributed by atoms with Crippen molar-refractivity contribution in [3.63, 3.8) is 0 Å². The summed E-state index contributed by atoms with van der Waals surface area (Å²) >= 11 is 0. The van der Waals surface area contributed by atoms with E-state index >= 15 is 0 Å². The molecular formula is C12H22N4. The Bertz CT molecular complexity index is 249. The molecule has 0 aliphatic heterocycles. The maximum atomic E-state index is 8.77. The molecule has 0 aromatic carbocycles. The highest BCUT2D eigenvalue weighted by molar-refractivity contribution is 4.82. The molecule has 0 amide bonds. The molecule has 0 heterocycles. The molecule has 0 aromatic rings. The van der Waals surface area contributed by atoms with Gasteiger partial charge in [0.15, 0.2) is 0 Å². The maximum Gasteiger partial charge on any atom is 0.0666 e. The van der Waals surface area contributed by atoms with Gasteiger partial charge in [-0.2, -0.15) is 10.5 Å². The summed E-state index contributed by atoms with van der Waals surface area (Å²) in [5, 5.41) is 17.3. The molecule has 16 heavy (non-hydrogen) atoms. The summed E-state index contributed by atoms with van der Waals surface area (Å²) < 4.78 is 0. The number of rotatable bonds is 8. The lowest BCUT2D eigenvalue weighted by molar-refractivity contribution is 0.244. The SMILES string of the molecule is CC(C#N)CN(CCC#N)CCCN(C)C. The Kier molecular flexibility index (Phi) is 8.52. The smallest absolute Gasteiger partial charge is 0.0666 e. The average Bonchev–Trinajstić information content (AvgIpc) is 2.24. The molecule has 1 atom stereocenters. The second-order valence-corrected chi connectivity index (χ2v) is 4.40. The molecule has 0 rings (SSSR count). The molecule has 0 aliphatic carbocycles. The lowest BCUT2D eigenvalue weighted by Crippen LogP contribution is -2.31. The van der Waals surface area contributed by atoms with Crippen molar-refractivity contribution >= 4 is 0 Å². The molecular weight excluding hydrogens is 200 g/mol. The van der Waals surface area contributed by atoms with E-state index < -0.39 is 0 Å². The predicted molar refractivity (Wildman–Crippen MR) is 64.6 cm³/mol. The van der Waals surface area contributed by atoms with E-state index in [2.05, 4.69) is 36.0 Å². The van der Waals surface area contributed by atoms with E-state index in [1.165, 1.54) is 0 Å². The zero-order chi connectivity index (χ0) is 12.4. The quantitative estimate of drug-likeness (QED) is 0.621. The van der Waals surface area contributed by atoms with E-state index in [9.17, 15) is 0 Å². The molecule has 0 fully saturated rings. The van der Waals surface area contributed by atoms with Crippen LogP contribution < -0.4 is 0 Å². The molecule has 1 unspecified atom stereocenters. The fourth-order valence-corrected chi connectivity index (χ4v) is 1.54. The van der Waals surface area contributed by atoms with Crippen LogP contribution in [0.3, 0.4) is 0 Å². The maximum absolute atomic E-state index is 8.77. The Balaban J connectivity index is 3.91. The third-order valence-electron chi connectivity index (χ3n) is 2.37. The summed E-state index contributed by atoms with van der Waals surface area (Å²) in [4.78, 5) is 4.36. The second kappa shape index (κ2) is 9.15. The van der Waals surface area contributed by atoms with E-state index in [1.54, 1.807) is 0 Å². The van der Waals surface area contributed by atoms with Gasteiger partial charge in [-0.1, -0.05) is 0 Å². The summed E-state index contributed by atoms with van der Waals surface area (Å²) in [6.45, 7) is 5.47. The minimum Gasteiger partial charge on any atom is -0.309 e. The number of nitriles is 2. The molecule has 0 radical (unpaired) electrons. The standard InChI is InChI=1S/C12H22N4/c1-12(10-14)11-16(8-4-6-13)9-5-7-15(2)3/h12H,4-5,7-9,11H2,1-3H3. The Morgan fingerprint density at radius 2 is 1.81 bits per heavy atom. The summed E-state index contributed by atoms with van der Waals surface area (Å²) in [7, 11) is 4.11. The van der Waals surface area contributed by atoms with Crippen molar-refractivity contribution in [1.82, 2.24) is 9.80 Å². The van der Waals surface area contributed by atoms with Gasteiger partial charge in [-0.25, -0.2) is 0 Å². The van der Waals surface area contributed by atoms with Crippen LogP contribution in [0.5, 0.6) is 0 Å². The van der Waals surface area contributed by atoms with Crippen LogP contribution in [0.15, 0.2) is 0 Å². The van der Waals surface area contributed by atoms with Crippen molar-refractivity contribution in [2.24, 2.45) is 5.92 Å². The minimum absolute atomic E-state index is 0.0399. The van der Waals surface area contributed by atoms with Crippen molar-refractivity contribution in [2.45, 2.75) is 19.8 Å². The summed E-state index contributed by atoms with van der Waals surface area (Å²) in [5.41, 5.74) is 0. The van der Waals surface area contributed by atoms with Gasteiger partial charge in [-0.3, -0.25) is 0 Å². The van der Waals surface area contributed by atoms with Crippen molar-refractivity contribution in [3.05, 3.63) is 0 Å². The third-order valence-corrected chi connectivity index (χ3v) is 2.37. The highest BCUT2D eigenvalue weighted by Crippen LogP contribution is 2.01. The highest BCUT2D eigenvalue weighted by Gasteiger charge is 2.09. The van der Waals surface area contributed by atoms with E-state index in [-0.39, 0.29) is 5.92 Å². The molecule has 0 saturated heterocycles. The van der Waals surface area contributed by atoms with Gasteiger partial charge in [0.1, 0.15) is 0 Å². The lowest BCUT2D eigenvalue weighted by atomic mass is 10.2. The van der Waals surface area contributed by atoms with Crippen LogP contribution in [0.1, 0.15) is 19.8 Å². The summed E-state index contributed by atoms with van der Waals surface area (Å²) in [5.74, 6) is 0.0399. The number of nitrogens with zero attached hydrogens (tertiary/aromatic N) is 4. The van der Waals surface area contributed by atoms with Gasteiger partial charge in [-0.15, -0.1) is 0 Å². The van der Waals surface area contributed by atoms with E-state index in [4.69, 9.17) is 10.5 Å². The van der Waals surface area contributed by atoms with Gasteiger partial charge >= 0.3 is 0 Å². The first kappa shape index (κ1) is 14.9. The molecule has 0 aromatic heterocycles. The molecule has 0 spiro atoms. The van der Waals surface area contributed by atoms with Crippen LogP contribution in [0.25, 0.3) is 0 Å². The second-order valence-electron chi connectivity index (χ2n) is 4.40. The third kappa shape index (κ3) is 8.23. The van der Waals surface area contributed by atoms with Gasteiger partial charge in [0.2, 0.25) is 0 Å². The molecule has 0 aliphatic rings. The Morgan fingerprint density at radius 3 is 2.31 bits per heavy atom. The summed E-state index contributed by atoms with van der Waals surface area (Å²) in [6.07, 6.45) is 1.62. The topological polar surface area (TPSA) is 54.1 Å². The molecule has 0 saturated carbocycles. The van der Waals surface area contributed by atoms with Crippen LogP contribution in [0, 0.1) is 28.6 Å². The van der Waals surface area contributed by atoms with E-state index in [1.807, 2.05) is 6.92 Å². The van der Waals surface area contributed by atoms with Gasteiger partial charge in [0.25, 0.3) is 0 Å². The van der Waals surface area contributed by atoms with Crippen molar-refractivity contribution in [1.29, 1.82) is 10.5 Å². The van der Waals surface area contributed by atoms with Gasteiger partial charge in [-0.05, 0) is 40.5 Å². The highest BCUT2D eigenvalue weighted by atomic mass is 15.1. The van der Waals surface area contributed by atoms with Gasteiger partial charge in [0.05, 0.1) is 18.1 Å². The van der Waals surface area contributed by atoms with E-state index in [0.29, 0.717) is 6.42 Å². The van der Waals surface area contributed by atoms with Crippen LogP contribution in [0.4, 0.5) is 0 Å². The first-order chi connectivity index (χ1) is 7.60. The molecule has 4 nitrogen and oxygen atoms in total. The predicted octanol–water partition coefficient (Wildman–Crippen LogP) is 1.31. The summed E-state index contributed by atoms with van der Waals surface area (Å²) in [6, 6.07) is 4.39. The fraction of sp³-hybridized carbons (Fsp3) is 0.833. The first-order valence-electron chi connectivity index (χ1n) is 5.73.